The van der Waals surface area contributed by atoms with Crippen LogP contribution in [0.25, 0.3) is 0 Å². The summed E-state index contributed by atoms with van der Waals surface area (Å²) in [6.45, 7) is 7.05. The fourth-order valence-corrected chi connectivity index (χ4v) is 3.80. The van der Waals surface area contributed by atoms with E-state index in [0.717, 1.165) is 5.92 Å². The summed E-state index contributed by atoms with van der Waals surface area (Å²) in [7, 11) is 3.09. The van der Waals surface area contributed by atoms with Gasteiger partial charge in [-0.2, -0.15) is 0 Å². The van der Waals surface area contributed by atoms with Crippen LogP contribution in [0, 0.1) is 5.92 Å². The van der Waals surface area contributed by atoms with E-state index in [0.29, 0.717) is 5.16 Å². The number of hydrogen-bond acceptors (Lipinski definition) is 0. The lowest BCUT2D eigenvalue weighted by atomic mass is 9.84. The molecule has 2 heteroatoms. The van der Waals surface area contributed by atoms with E-state index in [1.54, 1.807) is 0 Å². The van der Waals surface area contributed by atoms with E-state index in [4.69, 9.17) is 0 Å². The molecule has 25 heavy (non-hydrogen) atoms. The predicted octanol–water partition coefficient (Wildman–Crippen LogP) is 8.23. The first-order valence-electron chi connectivity index (χ1n) is 10.4. The number of halogens is 1. The normalized spacial score (nSPS) is 12.6. The second kappa shape index (κ2) is 15.0. The highest BCUT2D eigenvalue weighted by atomic mass is 35.5. The van der Waals surface area contributed by atoms with Crippen molar-refractivity contribution in [1.82, 2.24) is 0 Å². The molecule has 0 aliphatic carbocycles. The minimum Gasteiger partial charge on any atom is -0.147 e. The first-order chi connectivity index (χ1) is 11.5. The molecule has 0 spiro atoms. The van der Waals surface area contributed by atoms with Crippen LogP contribution in [0.5, 0.6) is 0 Å². The SMILES string of the molecule is CCCCCCCCCCCCC(Cc1ccccc1)C(C)(C)P.Cl. The van der Waals surface area contributed by atoms with Gasteiger partial charge in [-0.3, -0.25) is 0 Å². The van der Waals surface area contributed by atoms with Crippen molar-refractivity contribution < 1.29 is 0 Å². The Morgan fingerprint density at radius 2 is 1.28 bits per heavy atom. The third kappa shape index (κ3) is 12.9. The van der Waals surface area contributed by atoms with E-state index >= 15 is 0 Å². The molecule has 2 unspecified atom stereocenters. The third-order valence-electron chi connectivity index (χ3n) is 5.28. The monoisotopic (exact) mass is 384 g/mol. The van der Waals surface area contributed by atoms with Crippen molar-refractivity contribution in [3.8, 4) is 0 Å². The van der Waals surface area contributed by atoms with Crippen molar-refractivity contribution >= 4 is 21.6 Å². The van der Waals surface area contributed by atoms with Gasteiger partial charge in [0.2, 0.25) is 0 Å². The topological polar surface area (TPSA) is 0 Å². The van der Waals surface area contributed by atoms with Gasteiger partial charge in [-0.15, -0.1) is 21.6 Å². The Morgan fingerprint density at radius 3 is 1.76 bits per heavy atom. The van der Waals surface area contributed by atoms with Gasteiger partial charge in [-0.1, -0.05) is 115 Å². The van der Waals surface area contributed by atoms with Gasteiger partial charge < -0.3 is 0 Å². The van der Waals surface area contributed by atoms with E-state index in [9.17, 15) is 0 Å². The summed E-state index contributed by atoms with van der Waals surface area (Å²) in [5, 5.41) is 0.328. The van der Waals surface area contributed by atoms with Crippen LogP contribution in [0.2, 0.25) is 0 Å². The van der Waals surface area contributed by atoms with Gasteiger partial charge >= 0.3 is 0 Å². The van der Waals surface area contributed by atoms with Crippen molar-refractivity contribution in [1.29, 1.82) is 0 Å². The van der Waals surface area contributed by atoms with Crippen molar-refractivity contribution in [3.63, 3.8) is 0 Å². The highest BCUT2D eigenvalue weighted by molar-refractivity contribution is 7.18. The van der Waals surface area contributed by atoms with E-state index in [1.807, 2.05) is 0 Å². The molecular formula is C23H42ClP. The summed E-state index contributed by atoms with van der Waals surface area (Å²) in [4.78, 5) is 0. The molecule has 1 aromatic rings. The number of rotatable bonds is 14. The zero-order valence-electron chi connectivity index (χ0n) is 16.9. The van der Waals surface area contributed by atoms with Crippen molar-refractivity contribution in [3.05, 3.63) is 35.9 Å². The Morgan fingerprint density at radius 1 is 0.800 bits per heavy atom. The molecule has 0 heterocycles. The number of unbranched alkanes of at least 4 members (excludes halogenated alkanes) is 9. The Kier molecular flexibility index (Phi) is 15.0. The maximum Gasteiger partial charge on any atom is -0.0175 e. The van der Waals surface area contributed by atoms with Crippen LogP contribution in [-0.4, -0.2) is 5.16 Å². The molecule has 0 aliphatic rings. The lowest BCUT2D eigenvalue weighted by molar-refractivity contribution is 0.373. The Hall–Kier alpha value is -0.0600. The van der Waals surface area contributed by atoms with Crippen LogP contribution in [0.15, 0.2) is 30.3 Å². The van der Waals surface area contributed by atoms with Gasteiger partial charge in [0.1, 0.15) is 0 Å². The largest absolute Gasteiger partial charge is 0.147 e. The summed E-state index contributed by atoms with van der Waals surface area (Å²) < 4.78 is 0. The molecule has 0 saturated carbocycles. The maximum atomic E-state index is 3.09. The van der Waals surface area contributed by atoms with E-state index in [2.05, 4.69) is 60.3 Å². The van der Waals surface area contributed by atoms with Crippen LogP contribution in [0.4, 0.5) is 0 Å². The molecule has 2 atom stereocenters. The summed E-state index contributed by atoms with van der Waals surface area (Å²) in [5.41, 5.74) is 1.49. The summed E-state index contributed by atoms with van der Waals surface area (Å²) >= 11 is 0. The molecule has 146 valence electrons. The smallest absolute Gasteiger partial charge is 0.0175 e. The lowest BCUT2D eigenvalue weighted by Crippen LogP contribution is -2.26. The molecule has 1 rings (SSSR count). The molecule has 0 bridgehead atoms. The summed E-state index contributed by atoms with van der Waals surface area (Å²) in [6, 6.07) is 11.0. The average molecular weight is 385 g/mol. The fraction of sp³-hybridized carbons (Fsp3) is 0.739. The van der Waals surface area contributed by atoms with Crippen LogP contribution in [0.1, 0.15) is 97.0 Å². The van der Waals surface area contributed by atoms with Crippen molar-refractivity contribution in [2.75, 3.05) is 0 Å². The van der Waals surface area contributed by atoms with Gasteiger partial charge in [-0.25, -0.2) is 0 Å². The Bertz CT molecular complexity index is 396. The Labute approximate surface area is 166 Å². The quantitative estimate of drug-likeness (QED) is 0.224. The van der Waals surface area contributed by atoms with Gasteiger partial charge in [0.15, 0.2) is 0 Å². The number of benzene rings is 1. The fourth-order valence-electron chi connectivity index (χ4n) is 3.51. The lowest BCUT2D eigenvalue weighted by Gasteiger charge is -2.31. The molecule has 0 N–H and O–H groups in total. The predicted molar refractivity (Wildman–Crippen MR) is 121 cm³/mol. The summed E-state index contributed by atoms with van der Waals surface area (Å²) in [6.07, 6.45) is 16.9. The molecule has 0 saturated heterocycles. The second-order valence-electron chi connectivity index (χ2n) is 8.18. The average Bonchev–Trinajstić information content (AvgIpc) is 2.55. The number of hydrogen-bond donors (Lipinski definition) is 0. The van der Waals surface area contributed by atoms with E-state index in [-0.39, 0.29) is 12.4 Å². The van der Waals surface area contributed by atoms with Crippen LogP contribution in [-0.2, 0) is 6.42 Å². The zero-order valence-corrected chi connectivity index (χ0v) is 18.9. The molecule has 0 nitrogen and oxygen atoms in total. The maximum absolute atomic E-state index is 3.09. The summed E-state index contributed by atoms with van der Waals surface area (Å²) in [5.74, 6) is 0.763. The van der Waals surface area contributed by atoms with Crippen LogP contribution >= 0.6 is 21.6 Å². The minimum atomic E-state index is 0. The zero-order chi connectivity index (χ0) is 17.7. The van der Waals surface area contributed by atoms with Crippen molar-refractivity contribution in [2.45, 2.75) is 103 Å². The minimum absolute atomic E-state index is 0. The van der Waals surface area contributed by atoms with Crippen LogP contribution in [0.3, 0.4) is 0 Å². The molecule has 0 amide bonds. The highest BCUT2D eigenvalue weighted by Crippen LogP contribution is 2.33. The van der Waals surface area contributed by atoms with E-state index < -0.39 is 0 Å². The molecule has 0 aliphatic heterocycles. The molecular weight excluding hydrogens is 343 g/mol. The molecule has 0 aromatic heterocycles. The van der Waals surface area contributed by atoms with Crippen molar-refractivity contribution in [2.24, 2.45) is 5.92 Å². The van der Waals surface area contributed by atoms with Gasteiger partial charge in [0.05, 0.1) is 0 Å². The Balaban J connectivity index is 0.00000576. The molecule has 1 aromatic carbocycles. The highest BCUT2D eigenvalue weighted by Gasteiger charge is 2.24. The van der Waals surface area contributed by atoms with Gasteiger partial charge in [0, 0.05) is 0 Å². The second-order valence-corrected chi connectivity index (χ2v) is 9.67. The van der Waals surface area contributed by atoms with Crippen LogP contribution < -0.4 is 0 Å². The molecule has 0 radical (unpaired) electrons. The standard InChI is InChI=1S/C23H41P.ClH/c1-4-5-6-7-8-9-10-11-12-16-19-22(23(2,3)24)20-21-17-14-13-15-18-21;/h13-15,17-18,22H,4-12,16,19-20,24H2,1-3H3;1H. The third-order valence-corrected chi connectivity index (χ3v) is 5.75. The first kappa shape index (κ1) is 24.9. The van der Waals surface area contributed by atoms with Gasteiger partial charge in [-0.05, 0) is 29.5 Å². The molecule has 0 fully saturated rings. The van der Waals surface area contributed by atoms with Gasteiger partial charge in [0.25, 0.3) is 0 Å². The van der Waals surface area contributed by atoms with E-state index in [1.165, 1.54) is 82.6 Å². The first-order valence-corrected chi connectivity index (χ1v) is 10.9.